The minimum atomic E-state index is 0.0541. The fourth-order valence-electron chi connectivity index (χ4n) is 3.05. The van der Waals surface area contributed by atoms with Crippen LogP contribution in [0.2, 0.25) is 0 Å². The summed E-state index contributed by atoms with van der Waals surface area (Å²) in [6.07, 6.45) is 3.89. The Morgan fingerprint density at radius 2 is 1.97 bits per heavy atom. The number of nitrogens with one attached hydrogen (secondary N) is 1. The van der Waals surface area contributed by atoms with Gasteiger partial charge in [-0.2, -0.15) is 0 Å². The molecule has 0 saturated heterocycles. The van der Waals surface area contributed by atoms with E-state index in [2.05, 4.69) is 18.8 Å². The summed E-state index contributed by atoms with van der Waals surface area (Å²) < 4.78 is 0. The van der Waals surface area contributed by atoms with Crippen molar-refractivity contribution < 1.29 is 4.79 Å². The van der Waals surface area contributed by atoms with E-state index in [0.29, 0.717) is 12.8 Å². The number of anilines is 2. The van der Waals surface area contributed by atoms with Crippen LogP contribution in [-0.2, 0) is 24.1 Å². The Labute approximate surface area is 176 Å². The molecule has 0 atom stereocenters. The number of hydrogen-bond acceptors (Lipinski definition) is 5. The Hall–Kier alpha value is -2.79. The van der Waals surface area contributed by atoms with Gasteiger partial charge in [-0.15, -0.1) is 17.9 Å². The number of ketones is 1. The molecule has 0 amide bonds. The molecular formula is C24H27N3OS. The number of allylic oxidation sites excluding steroid dienone is 1. The van der Waals surface area contributed by atoms with Crippen molar-refractivity contribution in [2.45, 2.75) is 40.0 Å². The Bertz CT molecular complexity index is 976. The highest BCUT2D eigenvalue weighted by atomic mass is 32.1. The molecule has 0 spiro atoms. The molecule has 29 heavy (non-hydrogen) atoms. The highest BCUT2D eigenvalue weighted by molar-refractivity contribution is 7.13. The summed E-state index contributed by atoms with van der Waals surface area (Å²) in [6.45, 7) is 9.87. The molecule has 4 nitrogen and oxygen atoms in total. The van der Waals surface area contributed by atoms with Crippen molar-refractivity contribution in [2.24, 2.45) is 5.92 Å². The summed E-state index contributed by atoms with van der Waals surface area (Å²) in [5.41, 5.74) is 4.07. The SMILES string of the molecule is C=CCc1c(CC)nc(-c2cccs2)nc1Nc1ccc(CC(=O)C(C)C)cc1. The van der Waals surface area contributed by atoms with Gasteiger partial charge in [0.1, 0.15) is 11.6 Å². The van der Waals surface area contributed by atoms with Gasteiger partial charge in [0.25, 0.3) is 0 Å². The standard InChI is InChI=1S/C24H27N3OS/c1-5-8-19-20(6-2)26-24(22-9-7-14-29-22)27-23(19)25-18-12-10-17(11-13-18)15-21(28)16(3)4/h5,7,9-14,16H,1,6,8,15H2,2-4H3,(H,25,26,27). The molecule has 0 bridgehead atoms. The first kappa shape index (κ1) is 20.9. The van der Waals surface area contributed by atoms with Crippen molar-refractivity contribution in [1.82, 2.24) is 9.97 Å². The predicted octanol–water partition coefficient (Wildman–Crippen LogP) is 6.01. The Kier molecular flexibility index (Phi) is 6.94. The van der Waals surface area contributed by atoms with Gasteiger partial charge in [0.2, 0.25) is 0 Å². The zero-order valence-corrected chi connectivity index (χ0v) is 18.1. The van der Waals surface area contributed by atoms with Crippen LogP contribution in [0.3, 0.4) is 0 Å². The van der Waals surface area contributed by atoms with Crippen LogP contribution in [0, 0.1) is 5.92 Å². The van der Waals surface area contributed by atoms with Crippen molar-refractivity contribution in [1.29, 1.82) is 0 Å². The number of thiophene rings is 1. The van der Waals surface area contributed by atoms with E-state index < -0.39 is 0 Å². The van der Waals surface area contributed by atoms with Crippen LogP contribution in [0.15, 0.2) is 54.4 Å². The van der Waals surface area contributed by atoms with Crippen LogP contribution >= 0.6 is 11.3 Å². The van der Waals surface area contributed by atoms with Crippen molar-refractivity contribution in [3.63, 3.8) is 0 Å². The lowest BCUT2D eigenvalue weighted by atomic mass is 10.0. The maximum atomic E-state index is 12.0. The Balaban J connectivity index is 1.91. The number of aryl methyl sites for hydroxylation is 1. The van der Waals surface area contributed by atoms with Crippen molar-refractivity contribution in [3.05, 3.63) is 71.3 Å². The first-order valence-corrected chi connectivity index (χ1v) is 10.8. The largest absolute Gasteiger partial charge is 0.340 e. The summed E-state index contributed by atoms with van der Waals surface area (Å²) in [5, 5.41) is 5.49. The minimum Gasteiger partial charge on any atom is -0.340 e. The van der Waals surface area contributed by atoms with E-state index in [-0.39, 0.29) is 11.7 Å². The second-order valence-electron chi connectivity index (χ2n) is 7.26. The number of nitrogens with zero attached hydrogens (tertiary/aromatic N) is 2. The highest BCUT2D eigenvalue weighted by Gasteiger charge is 2.15. The van der Waals surface area contributed by atoms with Crippen molar-refractivity contribution in [2.75, 3.05) is 5.32 Å². The van der Waals surface area contributed by atoms with Crippen molar-refractivity contribution >= 4 is 28.6 Å². The molecule has 0 aliphatic carbocycles. The number of carbonyl (C=O) groups is 1. The Morgan fingerprint density at radius 1 is 1.21 bits per heavy atom. The summed E-state index contributed by atoms with van der Waals surface area (Å²) >= 11 is 1.63. The van der Waals surface area contributed by atoms with Crippen LogP contribution in [0.25, 0.3) is 10.7 Å². The number of hydrogen-bond donors (Lipinski definition) is 1. The average molecular weight is 406 g/mol. The van der Waals surface area contributed by atoms with Crippen LogP contribution in [0.4, 0.5) is 11.5 Å². The molecule has 1 N–H and O–H groups in total. The summed E-state index contributed by atoms with van der Waals surface area (Å²) in [7, 11) is 0. The first-order valence-electron chi connectivity index (χ1n) is 9.95. The average Bonchev–Trinajstić information content (AvgIpc) is 3.25. The zero-order chi connectivity index (χ0) is 20.8. The Morgan fingerprint density at radius 3 is 2.55 bits per heavy atom. The van der Waals surface area contributed by atoms with Gasteiger partial charge in [-0.3, -0.25) is 4.79 Å². The molecule has 0 aliphatic heterocycles. The molecular weight excluding hydrogens is 378 g/mol. The first-order chi connectivity index (χ1) is 14.0. The highest BCUT2D eigenvalue weighted by Crippen LogP contribution is 2.28. The van der Waals surface area contributed by atoms with Gasteiger partial charge >= 0.3 is 0 Å². The van der Waals surface area contributed by atoms with Gasteiger partial charge < -0.3 is 5.32 Å². The van der Waals surface area contributed by atoms with Crippen LogP contribution in [0.5, 0.6) is 0 Å². The maximum Gasteiger partial charge on any atom is 0.171 e. The fourth-order valence-corrected chi connectivity index (χ4v) is 3.71. The van der Waals surface area contributed by atoms with Crippen LogP contribution < -0.4 is 5.32 Å². The molecule has 0 unspecified atom stereocenters. The van der Waals surface area contributed by atoms with E-state index in [0.717, 1.165) is 45.4 Å². The monoisotopic (exact) mass is 405 g/mol. The number of Topliss-reactive ketones (excluding diaryl/α,β-unsaturated/α-hetero) is 1. The van der Waals surface area contributed by atoms with E-state index in [1.165, 1.54) is 0 Å². The lowest BCUT2D eigenvalue weighted by Crippen LogP contribution is -2.10. The molecule has 0 fully saturated rings. The number of aromatic nitrogens is 2. The molecule has 2 heterocycles. The van der Waals surface area contributed by atoms with E-state index in [4.69, 9.17) is 9.97 Å². The molecule has 0 saturated carbocycles. The molecule has 3 rings (SSSR count). The molecule has 5 heteroatoms. The van der Waals surface area contributed by atoms with E-state index in [9.17, 15) is 4.79 Å². The third-order valence-electron chi connectivity index (χ3n) is 4.76. The predicted molar refractivity (Wildman–Crippen MR) is 122 cm³/mol. The second-order valence-corrected chi connectivity index (χ2v) is 8.21. The van der Waals surface area contributed by atoms with Crippen molar-refractivity contribution in [3.8, 4) is 10.7 Å². The normalized spacial score (nSPS) is 10.9. The zero-order valence-electron chi connectivity index (χ0n) is 17.2. The fraction of sp³-hybridized carbons (Fsp3) is 0.292. The van der Waals surface area contributed by atoms with Gasteiger partial charge in [-0.1, -0.05) is 45.0 Å². The molecule has 0 aliphatic rings. The molecule has 1 aromatic carbocycles. The molecule has 0 radical (unpaired) electrons. The molecule has 150 valence electrons. The number of benzene rings is 1. The molecule has 2 aromatic heterocycles. The summed E-state index contributed by atoms with van der Waals surface area (Å²) in [5.74, 6) is 1.86. The third kappa shape index (κ3) is 5.18. The lowest BCUT2D eigenvalue weighted by molar-refractivity contribution is -0.121. The third-order valence-corrected chi connectivity index (χ3v) is 5.62. The number of carbonyl (C=O) groups excluding carboxylic acids is 1. The van der Waals surface area contributed by atoms with E-state index >= 15 is 0 Å². The quantitative estimate of drug-likeness (QED) is 0.443. The molecule has 3 aromatic rings. The smallest absolute Gasteiger partial charge is 0.171 e. The topological polar surface area (TPSA) is 54.9 Å². The van der Waals surface area contributed by atoms with E-state index in [1.54, 1.807) is 11.3 Å². The number of rotatable bonds is 9. The summed E-state index contributed by atoms with van der Waals surface area (Å²) in [6, 6.07) is 12.0. The van der Waals surface area contributed by atoms with Gasteiger partial charge in [0.15, 0.2) is 5.82 Å². The van der Waals surface area contributed by atoms with E-state index in [1.807, 2.05) is 61.7 Å². The minimum absolute atomic E-state index is 0.0541. The summed E-state index contributed by atoms with van der Waals surface area (Å²) in [4.78, 5) is 22.6. The lowest BCUT2D eigenvalue weighted by Gasteiger charge is -2.15. The van der Waals surface area contributed by atoms with Gasteiger partial charge in [-0.25, -0.2) is 9.97 Å². The van der Waals surface area contributed by atoms with Gasteiger partial charge in [-0.05, 0) is 42.0 Å². The van der Waals surface area contributed by atoms with Gasteiger partial charge in [0.05, 0.1) is 4.88 Å². The van der Waals surface area contributed by atoms with Crippen LogP contribution in [-0.4, -0.2) is 15.8 Å². The van der Waals surface area contributed by atoms with Crippen LogP contribution in [0.1, 0.15) is 37.6 Å². The van der Waals surface area contributed by atoms with Gasteiger partial charge in [0, 0.05) is 29.3 Å². The second kappa shape index (κ2) is 9.61. The maximum absolute atomic E-state index is 12.0.